The van der Waals surface area contributed by atoms with Crippen LogP contribution < -0.4 is 5.32 Å². The van der Waals surface area contributed by atoms with Crippen molar-refractivity contribution in [2.75, 3.05) is 13.2 Å². The quantitative estimate of drug-likeness (QED) is 0.896. The molecule has 6 heteroatoms. The Balaban J connectivity index is 1.51. The van der Waals surface area contributed by atoms with Crippen molar-refractivity contribution >= 4 is 11.3 Å². The molecule has 0 aromatic carbocycles. The van der Waals surface area contributed by atoms with Gasteiger partial charge in [-0.25, -0.2) is 0 Å². The van der Waals surface area contributed by atoms with Gasteiger partial charge in [0.1, 0.15) is 0 Å². The van der Waals surface area contributed by atoms with Crippen LogP contribution in [0.15, 0.2) is 22.0 Å². The number of rotatable bonds is 5. The lowest BCUT2D eigenvalue weighted by Gasteiger charge is -2.08. The number of hydrogen-bond acceptors (Lipinski definition) is 6. The Hall–Kier alpha value is -1.24. The topological polar surface area (TPSA) is 60.2 Å². The second kappa shape index (κ2) is 5.60. The largest absolute Gasteiger partial charge is 0.377 e. The summed E-state index contributed by atoms with van der Waals surface area (Å²) in [5.74, 6) is 1.29. The van der Waals surface area contributed by atoms with Crippen LogP contribution in [0.25, 0.3) is 10.7 Å². The van der Waals surface area contributed by atoms with Gasteiger partial charge in [-0.3, -0.25) is 0 Å². The first kappa shape index (κ1) is 11.8. The summed E-state index contributed by atoms with van der Waals surface area (Å²) in [5, 5.41) is 9.25. The van der Waals surface area contributed by atoms with Gasteiger partial charge in [0.05, 0.1) is 17.5 Å². The summed E-state index contributed by atoms with van der Waals surface area (Å²) in [6.07, 6.45) is 2.64. The molecule has 3 heterocycles. The van der Waals surface area contributed by atoms with Crippen LogP contribution in [0, 0.1) is 0 Å². The van der Waals surface area contributed by atoms with Gasteiger partial charge in [-0.05, 0) is 24.3 Å². The number of nitrogens with zero attached hydrogens (tertiary/aromatic N) is 2. The lowest BCUT2D eigenvalue weighted by molar-refractivity contribution is 0.109. The highest BCUT2D eigenvalue weighted by molar-refractivity contribution is 7.13. The van der Waals surface area contributed by atoms with E-state index in [1.54, 1.807) is 11.3 Å². The van der Waals surface area contributed by atoms with Crippen LogP contribution in [0.3, 0.4) is 0 Å². The minimum atomic E-state index is 0.338. The normalized spacial score (nSPS) is 19.4. The number of nitrogens with one attached hydrogen (secondary N) is 1. The van der Waals surface area contributed by atoms with Crippen LogP contribution in [-0.4, -0.2) is 29.4 Å². The van der Waals surface area contributed by atoms with Crippen molar-refractivity contribution in [3.63, 3.8) is 0 Å². The van der Waals surface area contributed by atoms with Crippen LogP contribution in [-0.2, 0) is 11.3 Å². The maximum Gasteiger partial charge on any atom is 0.240 e. The highest BCUT2D eigenvalue weighted by Gasteiger charge is 2.15. The summed E-state index contributed by atoms with van der Waals surface area (Å²) in [5.41, 5.74) is 0. The molecular weight excluding hydrogens is 250 g/mol. The van der Waals surface area contributed by atoms with Crippen molar-refractivity contribution in [2.45, 2.75) is 25.5 Å². The molecule has 1 aliphatic heterocycles. The predicted octanol–water partition coefficient (Wildman–Crippen LogP) is 2.07. The molecule has 1 saturated heterocycles. The molecule has 1 aliphatic rings. The Bertz CT molecular complexity index is 477. The van der Waals surface area contributed by atoms with Gasteiger partial charge in [-0.2, -0.15) is 4.98 Å². The van der Waals surface area contributed by atoms with E-state index in [4.69, 9.17) is 9.26 Å². The summed E-state index contributed by atoms with van der Waals surface area (Å²) >= 11 is 1.61. The van der Waals surface area contributed by atoms with E-state index >= 15 is 0 Å². The number of aromatic nitrogens is 2. The molecule has 1 N–H and O–H groups in total. The maximum atomic E-state index is 5.53. The SMILES string of the molecule is c1csc(-c2noc(CNCC3CCCO3)n2)c1. The van der Waals surface area contributed by atoms with Crippen molar-refractivity contribution in [1.82, 2.24) is 15.5 Å². The summed E-state index contributed by atoms with van der Waals surface area (Å²) in [6, 6.07) is 3.96. The van der Waals surface area contributed by atoms with Crippen molar-refractivity contribution in [2.24, 2.45) is 0 Å². The van der Waals surface area contributed by atoms with Crippen LogP contribution in [0.2, 0.25) is 0 Å². The van der Waals surface area contributed by atoms with E-state index in [-0.39, 0.29) is 0 Å². The molecule has 1 atom stereocenters. The molecule has 0 saturated carbocycles. The third-order valence-corrected chi connectivity index (χ3v) is 3.75. The summed E-state index contributed by atoms with van der Waals surface area (Å²) in [7, 11) is 0. The van der Waals surface area contributed by atoms with E-state index < -0.39 is 0 Å². The van der Waals surface area contributed by atoms with E-state index in [9.17, 15) is 0 Å². The zero-order valence-electron chi connectivity index (χ0n) is 9.96. The van der Waals surface area contributed by atoms with Gasteiger partial charge < -0.3 is 14.6 Å². The molecule has 2 aromatic heterocycles. The lowest BCUT2D eigenvalue weighted by Crippen LogP contribution is -2.25. The Morgan fingerprint density at radius 1 is 1.50 bits per heavy atom. The van der Waals surface area contributed by atoms with Gasteiger partial charge >= 0.3 is 0 Å². The first-order valence-electron chi connectivity index (χ1n) is 6.10. The van der Waals surface area contributed by atoms with Crippen LogP contribution in [0.1, 0.15) is 18.7 Å². The monoisotopic (exact) mass is 265 g/mol. The Morgan fingerprint density at radius 3 is 3.28 bits per heavy atom. The summed E-state index contributed by atoms with van der Waals surface area (Å²) < 4.78 is 10.7. The van der Waals surface area contributed by atoms with Gasteiger partial charge in [0.25, 0.3) is 0 Å². The molecule has 0 spiro atoms. The van der Waals surface area contributed by atoms with Gasteiger partial charge in [0, 0.05) is 13.2 Å². The molecule has 18 heavy (non-hydrogen) atoms. The highest BCUT2D eigenvalue weighted by atomic mass is 32.1. The van der Waals surface area contributed by atoms with Crippen molar-refractivity contribution in [3.05, 3.63) is 23.4 Å². The average Bonchev–Trinajstić information content (AvgIpc) is 3.12. The first-order valence-corrected chi connectivity index (χ1v) is 6.98. The van der Waals surface area contributed by atoms with Crippen LogP contribution in [0.5, 0.6) is 0 Å². The fraction of sp³-hybridized carbons (Fsp3) is 0.500. The first-order chi connectivity index (χ1) is 8.92. The fourth-order valence-corrected chi connectivity index (χ4v) is 2.63. The minimum absolute atomic E-state index is 0.338. The second-order valence-electron chi connectivity index (χ2n) is 4.25. The molecule has 5 nitrogen and oxygen atoms in total. The van der Waals surface area contributed by atoms with Gasteiger partial charge in [-0.15, -0.1) is 11.3 Å². The summed E-state index contributed by atoms with van der Waals surface area (Å²) in [4.78, 5) is 5.38. The molecule has 1 unspecified atom stereocenters. The Kier molecular flexibility index (Phi) is 3.68. The zero-order chi connectivity index (χ0) is 12.2. The van der Waals surface area contributed by atoms with Crippen LogP contribution >= 0.6 is 11.3 Å². The molecule has 3 rings (SSSR count). The molecule has 1 fully saturated rings. The standard InChI is InChI=1S/C12H15N3O2S/c1-3-9(16-5-1)7-13-8-11-14-12(15-17-11)10-4-2-6-18-10/h2,4,6,9,13H,1,3,5,7-8H2. The summed E-state index contributed by atoms with van der Waals surface area (Å²) in [6.45, 7) is 2.32. The van der Waals surface area contributed by atoms with E-state index in [0.717, 1.165) is 30.9 Å². The lowest BCUT2D eigenvalue weighted by atomic mass is 10.2. The van der Waals surface area contributed by atoms with Gasteiger partial charge in [-0.1, -0.05) is 11.2 Å². The molecular formula is C12H15N3O2S. The Labute approximate surface area is 109 Å². The molecule has 96 valence electrons. The van der Waals surface area contributed by atoms with E-state index in [0.29, 0.717) is 24.4 Å². The zero-order valence-corrected chi connectivity index (χ0v) is 10.8. The van der Waals surface area contributed by atoms with E-state index in [2.05, 4.69) is 15.5 Å². The number of ether oxygens (including phenoxy) is 1. The number of hydrogen-bond donors (Lipinski definition) is 1. The van der Waals surface area contributed by atoms with Crippen LogP contribution in [0.4, 0.5) is 0 Å². The van der Waals surface area contributed by atoms with Gasteiger partial charge in [0.2, 0.25) is 11.7 Å². The fourth-order valence-electron chi connectivity index (χ4n) is 1.98. The third kappa shape index (κ3) is 2.77. The molecule has 0 amide bonds. The molecule has 0 aliphatic carbocycles. The third-order valence-electron chi connectivity index (χ3n) is 2.88. The molecule has 0 bridgehead atoms. The molecule has 0 radical (unpaired) electrons. The van der Waals surface area contributed by atoms with E-state index in [1.807, 2.05) is 17.5 Å². The minimum Gasteiger partial charge on any atom is -0.377 e. The number of thiophene rings is 1. The highest BCUT2D eigenvalue weighted by Crippen LogP contribution is 2.21. The molecule has 2 aromatic rings. The second-order valence-corrected chi connectivity index (χ2v) is 5.20. The predicted molar refractivity (Wildman–Crippen MR) is 68.3 cm³/mol. The van der Waals surface area contributed by atoms with Crippen molar-refractivity contribution < 1.29 is 9.26 Å². The average molecular weight is 265 g/mol. The maximum absolute atomic E-state index is 5.53. The Morgan fingerprint density at radius 2 is 2.50 bits per heavy atom. The van der Waals surface area contributed by atoms with E-state index in [1.165, 1.54) is 0 Å². The van der Waals surface area contributed by atoms with Crippen molar-refractivity contribution in [1.29, 1.82) is 0 Å². The van der Waals surface area contributed by atoms with Crippen molar-refractivity contribution in [3.8, 4) is 10.7 Å². The van der Waals surface area contributed by atoms with Gasteiger partial charge in [0.15, 0.2) is 0 Å². The smallest absolute Gasteiger partial charge is 0.240 e.